The Morgan fingerprint density at radius 3 is 2.60 bits per heavy atom. The highest BCUT2D eigenvalue weighted by molar-refractivity contribution is 5.73. The standard InChI is InChI=1S/C18H14FN/c19-15-6-3-5-14(12-15)17-8-9-18-16-7-2-1-4-13(16)10-11-20(17)18/h1-9,12H,10-11H2. The van der Waals surface area contributed by atoms with Crippen molar-refractivity contribution in [2.75, 3.05) is 0 Å². The van der Waals surface area contributed by atoms with Gasteiger partial charge in [0, 0.05) is 29.1 Å². The first kappa shape index (κ1) is 11.5. The molecule has 20 heavy (non-hydrogen) atoms. The van der Waals surface area contributed by atoms with Crippen molar-refractivity contribution in [3.63, 3.8) is 0 Å². The summed E-state index contributed by atoms with van der Waals surface area (Å²) in [7, 11) is 0. The van der Waals surface area contributed by atoms with Crippen molar-refractivity contribution < 1.29 is 4.39 Å². The smallest absolute Gasteiger partial charge is 0.123 e. The molecule has 0 fully saturated rings. The molecule has 0 bridgehead atoms. The van der Waals surface area contributed by atoms with Gasteiger partial charge in [0.15, 0.2) is 0 Å². The molecule has 2 heteroatoms. The zero-order valence-corrected chi connectivity index (χ0v) is 11.0. The van der Waals surface area contributed by atoms with E-state index in [2.05, 4.69) is 41.0 Å². The first-order valence-electron chi connectivity index (χ1n) is 6.87. The molecule has 98 valence electrons. The zero-order chi connectivity index (χ0) is 13.5. The average Bonchev–Trinajstić information content (AvgIpc) is 2.91. The lowest BCUT2D eigenvalue weighted by atomic mass is 9.99. The summed E-state index contributed by atoms with van der Waals surface area (Å²) in [5.41, 5.74) is 5.95. The van der Waals surface area contributed by atoms with Crippen molar-refractivity contribution in [2.45, 2.75) is 13.0 Å². The van der Waals surface area contributed by atoms with Gasteiger partial charge in [0.25, 0.3) is 0 Å². The van der Waals surface area contributed by atoms with Crippen molar-refractivity contribution in [1.29, 1.82) is 0 Å². The van der Waals surface area contributed by atoms with Crippen molar-refractivity contribution in [2.24, 2.45) is 0 Å². The number of halogens is 1. The Labute approximate surface area is 117 Å². The van der Waals surface area contributed by atoms with E-state index in [1.165, 1.54) is 22.9 Å². The van der Waals surface area contributed by atoms with Crippen LogP contribution in [0.25, 0.3) is 22.5 Å². The largest absolute Gasteiger partial charge is 0.340 e. The third kappa shape index (κ3) is 1.68. The van der Waals surface area contributed by atoms with E-state index in [0.717, 1.165) is 24.2 Å². The fourth-order valence-electron chi connectivity index (χ4n) is 3.06. The van der Waals surface area contributed by atoms with Gasteiger partial charge >= 0.3 is 0 Å². The van der Waals surface area contributed by atoms with Gasteiger partial charge in [0.1, 0.15) is 5.82 Å². The van der Waals surface area contributed by atoms with Crippen molar-refractivity contribution >= 4 is 0 Å². The third-order valence-electron chi connectivity index (χ3n) is 4.00. The molecule has 1 aliphatic rings. The van der Waals surface area contributed by atoms with Crippen molar-refractivity contribution in [1.82, 2.24) is 4.57 Å². The number of hydrogen-bond acceptors (Lipinski definition) is 0. The molecule has 0 unspecified atom stereocenters. The van der Waals surface area contributed by atoms with Crippen LogP contribution in [-0.2, 0) is 13.0 Å². The highest BCUT2D eigenvalue weighted by atomic mass is 19.1. The summed E-state index contributed by atoms with van der Waals surface area (Å²) in [6.07, 6.45) is 1.03. The van der Waals surface area contributed by atoms with Gasteiger partial charge in [-0.25, -0.2) is 4.39 Å². The van der Waals surface area contributed by atoms with Gasteiger partial charge in [-0.3, -0.25) is 0 Å². The Balaban J connectivity index is 1.90. The van der Waals surface area contributed by atoms with Crippen LogP contribution in [0.15, 0.2) is 60.7 Å². The minimum Gasteiger partial charge on any atom is -0.340 e. The maximum absolute atomic E-state index is 13.4. The highest BCUT2D eigenvalue weighted by Gasteiger charge is 2.18. The second-order valence-electron chi connectivity index (χ2n) is 5.17. The number of fused-ring (bicyclic) bond motifs is 3. The summed E-state index contributed by atoms with van der Waals surface area (Å²) in [4.78, 5) is 0. The fourth-order valence-corrected chi connectivity index (χ4v) is 3.06. The van der Waals surface area contributed by atoms with E-state index in [1.54, 1.807) is 12.1 Å². The van der Waals surface area contributed by atoms with E-state index in [-0.39, 0.29) is 5.82 Å². The van der Waals surface area contributed by atoms with Crippen LogP contribution in [0.1, 0.15) is 5.56 Å². The Morgan fingerprint density at radius 1 is 0.850 bits per heavy atom. The predicted octanol–water partition coefficient (Wildman–Crippen LogP) is 4.52. The summed E-state index contributed by atoms with van der Waals surface area (Å²) in [6, 6.07) is 19.6. The Bertz CT molecular complexity index is 786. The lowest BCUT2D eigenvalue weighted by molar-refractivity contribution is 0.627. The maximum Gasteiger partial charge on any atom is 0.123 e. The number of hydrogen-bond donors (Lipinski definition) is 0. The lowest BCUT2D eigenvalue weighted by Crippen LogP contribution is -2.11. The molecule has 3 aromatic rings. The molecule has 2 aromatic carbocycles. The second kappa shape index (κ2) is 4.34. The molecule has 1 nitrogen and oxygen atoms in total. The molecule has 4 rings (SSSR count). The van der Waals surface area contributed by atoms with E-state index in [4.69, 9.17) is 0 Å². The van der Waals surface area contributed by atoms with Gasteiger partial charge in [-0.2, -0.15) is 0 Å². The lowest BCUT2D eigenvalue weighted by Gasteiger charge is -2.21. The first-order valence-corrected chi connectivity index (χ1v) is 6.87. The molecule has 0 N–H and O–H groups in total. The normalized spacial score (nSPS) is 12.8. The van der Waals surface area contributed by atoms with Crippen LogP contribution in [0.4, 0.5) is 4.39 Å². The highest BCUT2D eigenvalue weighted by Crippen LogP contribution is 2.34. The minimum atomic E-state index is -0.186. The van der Waals surface area contributed by atoms with E-state index in [0.29, 0.717) is 0 Å². The molecular formula is C18H14FN. The second-order valence-corrected chi connectivity index (χ2v) is 5.17. The monoisotopic (exact) mass is 263 g/mol. The van der Waals surface area contributed by atoms with Crippen LogP contribution < -0.4 is 0 Å². The summed E-state index contributed by atoms with van der Waals surface area (Å²) < 4.78 is 15.7. The summed E-state index contributed by atoms with van der Waals surface area (Å²) in [5.74, 6) is -0.186. The van der Waals surface area contributed by atoms with E-state index >= 15 is 0 Å². The number of benzene rings is 2. The average molecular weight is 263 g/mol. The molecule has 0 amide bonds. The summed E-state index contributed by atoms with van der Waals surface area (Å²) >= 11 is 0. The topological polar surface area (TPSA) is 4.93 Å². The Hall–Kier alpha value is -2.35. The molecule has 0 atom stereocenters. The molecule has 1 aliphatic heterocycles. The van der Waals surface area contributed by atoms with Crippen LogP contribution in [0, 0.1) is 5.82 Å². The predicted molar refractivity (Wildman–Crippen MR) is 79.0 cm³/mol. The van der Waals surface area contributed by atoms with Crippen LogP contribution in [0.2, 0.25) is 0 Å². The van der Waals surface area contributed by atoms with Gasteiger partial charge in [-0.15, -0.1) is 0 Å². The number of nitrogens with zero attached hydrogens (tertiary/aromatic N) is 1. The van der Waals surface area contributed by atoms with Crippen LogP contribution >= 0.6 is 0 Å². The molecule has 0 spiro atoms. The zero-order valence-electron chi connectivity index (χ0n) is 11.0. The number of rotatable bonds is 1. The van der Waals surface area contributed by atoms with E-state index in [9.17, 15) is 4.39 Å². The molecule has 0 radical (unpaired) electrons. The van der Waals surface area contributed by atoms with Crippen LogP contribution in [0.3, 0.4) is 0 Å². The van der Waals surface area contributed by atoms with Crippen LogP contribution in [0.5, 0.6) is 0 Å². The Kier molecular flexibility index (Phi) is 2.49. The van der Waals surface area contributed by atoms with Gasteiger partial charge in [0.2, 0.25) is 0 Å². The van der Waals surface area contributed by atoms with Crippen molar-refractivity contribution in [3.05, 3.63) is 72.0 Å². The summed E-state index contributed by atoms with van der Waals surface area (Å²) in [5, 5.41) is 0. The molecule has 2 heterocycles. The molecular weight excluding hydrogens is 249 g/mol. The number of aromatic nitrogens is 1. The molecule has 0 aliphatic carbocycles. The maximum atomic E-state index is 13.4. The van der Waals surface area contributed by atoms with Gasteiger partial charge in [-0.1, -0.05) is 36.4 Å². The SMILES string of the molecule is Fc1cccc(-c2ccc3n2CCc2ccccc2-3)c1. The molecule has 0 saturated carbocycles. The van der Waals surface area contributed by atoms with Gasteiger partial charge in [0.05, 0.1) is 0 Å². The van der Waals surface area contributed by atoms with Gasteiger partial charge in [-0.05, 0) is 36.2 Å². The van der Waals surface area contributed by atoms with Crippen LogP contribution in [-0.4, -0.2) is 4.57 Å². The molecule has 1 aromatic heterocycles. The minimum absolute atomic E-state index is 0.186. The Morgan fingerprint density at radius 2 is 1.70 bits per heavy atom. The fraction of sp³-hybridized carbons (Fsp3) is 0.111. The number of aryl methyl sites for hydroxylation is 1. The van der Waals surface area contributed by atoms with Gasteiger partial charge < -0.3 is 4.57 Å². The molecule has 0 saturated heterocycles. The third-order valence-corrected chi connectivity index (χ3v) is 4.00. The summed E-state index contributed by atoms with van der Waals surface area (Å²) in [6.45, 7) is 0.950. The van der Waals surface area contributed by atoms with E-state index in [1.807, 2.05) is 6.07 Å². The van der Waals surface area contributed by atoms with E-state index < -0.39 is 0 Å². The quantitative estimate of drug-likeness (QED) is 0.608. The first-order chi connectivity index (χ1) is 9.83. The van der Waals surface area contributed by atoms with Crippen molar-refractivity contribution in [3.8, 4) is 22.5 Å².